The molecule has 18 heavy (non-hydrogen) atoms. The average Bonchev–Trinajstić information content (AvgIpc) is 2.23. The number of amides is 1. The van der Waals surface area contributed by atoms with E-state index >= 15 is 0 Å². The summed E-state index contributed by atoms with van der Waals surface area (Å²) < 4.78 is 0. The van der Waals surface area contributed by atoms with Gasteiger partial charge >= 0.3 is 0 Å². The first-order valence-corrected chi connectivity index (χ1v) is 6.88. The topological polar surface area (TPSA) is 49.6 Å². The van der Waals surface area contributed by atoms with Gasteiger partial charge in [0.1, 0.15) is 0 Å². The van der Waals surface area contributed by atoms with E-state index in [0.717, 1.165) is 13.1 Å². The van der Waals surface area contributed by atoms with E-state index in [1.54, 1.807) is 0 Å². The van der Waals surface area contributed by atoms with E-state index in [1.165, 1.54) is 0 Å². The monoisotopic (exact) mass is 255 g/mol. The molecule has 106 valence electrons. The molecule has 0 saturated carbocycles. The number of piperazine rings is 1. The summed E-state index contributed by atoms with van der Waals surface area (Å²) in [6.07, 6.45) is 0.451. The molecule has 1 aliphatic rings. The molecule has 3 unspecified atom stereocenters. The van der Waals surface area contributed by atoms with Gasteiger partial charge in [-0.3, -0.25) is 9.69 Å². The van der Waals surface area contributed by atoms with Crippen molar-refractivity contribution in [1.82, 2.24) is 9.80 Å². The van der Waals surface area contributed by atoms with Gasteiger partial charge in [0, 0.05) is 37.6 Å². The molecule has 0 aromatic rings. The van der Waals surface area contributed by atoms with Gasteiger partial charge in [-0.15, -0.1) is 0 Å². The lowest BCUT2D eigenvalue weighted by Gasteiger charge is -2.43. The Morgan fingerprint density at radius 3 is 2.11 bits per heavy atom. The molecule has 0 aliphatic carbocycles. The van der Waals surface area contributed by atoms with Crippen LogP contribution in [0.15, 0.2) is 0 Å². The zero-order valence-electron chi connectivity index (χ0n) is 12.7. The smallest absolute Gasteiger partial charge is 0.224 e. The Labute approximate surface area is 111 Å². The first-order valence-electron chi connectivity index (χ1n) is 6.88. The molecular weight excluding hydrogens is 226 g/mol. The van der Waals surface area contributed by atoms with Crippen molar-refractivity contribution < 1.29 is 4.79 Å². The fourth-order valence-corrected chi connectivity index (χ4v) is 2.23. The van der Waals surface area contributed by atoms with Crippen LogP contribution in [0.5, 0.6) is 0 Å². The predicted molar refractivity (Wildman–Crippen MR) is 75.3 cm³/mol. The number of hydrogen-bond acceptors (Lipinski definition) is 3. The summed E-state index contributed by atoms with van der Waals surface area (Å²) in [7, 11) is 2.12. The lowest BCUT2D eigenvalue weighted by atomic mass is 9.85. The normalized spacial score (nSPS) is 28.3. The maximum atomic E-state index is 12.3. The molecule has 1 heterocycles. The summed E-state index contributed by atoms with van der Waals surface area (Å²) in [5.74, 6) is 0.198. The third kappa shape index (κ3) is 3.69. The van der Waals surface area contributed by atoms with E-state index in [4.69, 9.17) is 5.73 Å². The molecule has 1 aliphatic heterocycles. The van der Waals surface area contributed by atoms with Gasteiger partial charge in [0.15, 0.2) is 0 Å². The molecule has 1 fully saturated rings. The van der Waals surface area contributed by atoms with Gasteiger partial charge < -0.3 is 10.6 Å². The van der Waals surface area contributed by atoms with Crippen LogP contribution in [-0.2, 0) is 4.79 Å². The van der Waals surface area contributed by atoms with Crippen LogP contribution in [0, 0.1) is 5.41 Å². The highest BCUT2D eigenvalue weighted by Crippen LogP contribution is 2.21. The average molecular weight is 255 g/mol. The standard InChI is InChI=1S/C14H29N3O/c1-10-8-17(9-11(2)16(10)6)13(18)7-12(15)14(3,4)5/h10-12H,7-9,15H2,1-6H3. The summed E-state index contributed by atoms with van der Waals surface area (Å²) in [4.78, 5) is 16.6. The number of hydrogen-bond donors (Lipinski definition) is 1. The molecular formula is C14H29N3O. The van der Waals surface area contributed by atoms with Crippen LogP contribution in [0.4, 0.5) is 0 Å². The van der Waals surface area contributed by atoms with E-state index in [9.17, 15) is 4.79 Å². The Bertz CT molecular complexity index is 286. The van der Waals surface area contributed by atoms with E-state index < -0.39 is 0 Å². The fourth-order valence-electron chi connectivity index (χ4n) is 2.23. The number of nitrogens with two attached hydrogens (primary N) is 1. The van der Waals surface area contributed by atoms with Crippen molar-refractivity contribution in [2.24, 2.45) is 11.1 Å². The summed E-state index contributed by atoms with van der Waals surface area (Å²) in [5.41, 5.74) is 6.08. The van der Waals surface area contributed by atoms with Crippen molar-refractivity contribution in [3.05, 3.63) is 0 Å². The van der Waals surface area contributed by atoms with Gasteiger partial charge in [-0.25, -0.2) is 0 Å². The molecule has 1 saturated heterocycles. The van der Waals surface area contributed by atoms with Crippen LogP contribution in [-0.4, -0.2) is 54.0 Å². The number of likely N-dealkylation sites (N-methyl/N-ethyl adjacent to an activating group) is 1. The minimum atomic E-state index is -0.0738. The van der Waals surface area contributed by atoms with Crippen molar-refractivity contribution in [1.29, 1.82) is 0 Å². The summed E-state index contributed by atoms with van der Waals surface area (Å²) >= 11 is 0. The van der Waals surface area contributed by atoms with Crippen molar-refractivity contribution in [2.75, 3.05) is 20.1 Å². The van der Waals surface area contributed by atoms with Gasteiger partial charge in [0.2, 0.25) is 5.91 Å². The van der Waals surface area contributed by atoms with Crippen molar-refractivity contribution in [3.8, 4) is 0 Å². The number of nitrogens with zero attached hydrogens (tertiary/aromatic N) is 2. The highest BCUT2D eigenvalue weighted by Gasteiger charge is 2.31. The predicted octanol–water partition coefficient (Wildman–Crippen LogP) is 1.30. The second-order valence-corrected chi connectivity index (χ2v) is 6.84. The molecule has 3 atom stereocenters. The summed E-state index contributed by atoms with van der Waals surface area (Å²) in [6.45, 7) is 12.2. The van der Waals surface area contributed by atoms with E-state index in [1.807, 2.05) is 4.90 Å². The highest BCUT2D eigenvalue weighted by atomic mass is 16.2. The van der Waals surface area contributed by atoms with E-state index in [0.29, 0.717) is 18.5 Å². The van der Waals surface area contributed by atoms with Gasteiger partial charge in [0.05, 0.1) is 0 Å². The maximum absolute atomic E-state index is 12.3. The van der Waals surface area contributed by atoms with Crippen LogP contribution < -0.4 is 5.73 Å². The highest BCUT2D eigenvalue weighted by molar-refractivity contribution is 5.77. The second kappa shape index (κ2) is 5.57. The quantitative estimate of drug-likeness (QED) is 0.809. The molecule has 4 nitrogen and oxygen atoms in total. The van der Waals surface area contributed by atoms with Crippen LogP contribution in [0.2, 0.25) is 0 Å². The number of carbonyl (C=O) groups excluding carboxylic acids is 1. The first kappa shape index (κ1) is 15.4. The largest absolute Gasteiger partial charge is 0.340 e. The van der Waals surface area contributed by atoms with Crippen molar-refractivity contribution in [2.45, 2.75) is 59.2 Å². The van der Waals surface area contributed by atoms with E-state index in [2.05, 4.69) is 46.6 Å². The third-order valence-corrected chi connectivity index (χ3v) is 4.22. The zero-order chi connectivity index (χ0) is 14.1. The Morgan fingerprint density at radius 2 is 1.72 bits per heavy atom. The molecule has 1 rings (SSSR count). The van der Waals surface area contributed by atoms with Crippen LogP contribution >= 0.6 is 0 Å². The van der Waals surface area contributed by atoms with Crippen molar-refractivity contribution >= 4 is 5.91 Å². The molecule has 0 radical (unpaired) electrons. The van der Waals surface area contributed by atoms with Crippen LogP contribution in [0.3, 0.4) is 0 Å². The van der Waals surface area contributed by atoms with Gasteiger partial charge in [0.25, 0.3) is 0 Å². The summed E-state index contributed by atoms with van der Waals surface area (Å²) in [6, 6.07) is 0.766. The van der Waals surface area contributed by atoms with Crippen LogP contribution in [0.25, 0.3) is 0 Å². The Balaban J connectivity index is 2.58. The number of carbonyl (C=O) groups is 1. The van der Waals surface area contributed by atoms with Crippen LogP contribution in [0.1, 0.15) is 41.0 Å². The lowest BCUT2D eigenvalue weighted by Crippen LogP contribution is -2.57. The lowest BCUT2D eigenvalue weighted by molar-refractivity contribution is -0.136. The van der Waals surface area contributed by atoms with Gasteiger partial charge in [-0.05, 0) is 26.3 Å². The Morgan fingerprint density at radius 1 is 1.28 bits per heavy atom. The molecule has 0 aromatic heterocycles. The van der Waals surface area contributed by atoms with Gasteiger partial charge in [-0.1, -0.05) is 20.8 Å². The minimum absolute atomic E-state index is 0.0144. The molecule has 0 bridgehead atoms. The second-order valence-electron chi connectivity index (χ2n) is 6.84. The number of rotatable bonds is 2. The van der Waals surface area contributed by atoms with Crippen molar-refractivity contribution in [3.63, 3.8) is 0 Å². The Kier molecular flexibility index (Phi) is 4.78. The first-order chi connectivity index (χ1) is 8.12. The van der Waals surface area contributed by atoms with E-state index in [-0.39, 0.29) is 17.4 Å². The molecule has 0 aromatic carbocycles. The molecule has 4 heteroatoms. The maximum Gasteiger partial charge on any atom is 0.224 e. The molecule has 2 N–H and O–H groups in total. The SMILES string of the molecule is CC1CN(C(=O)CC(N)C(C)(C)C)CC(C)N1C. The molecule has 0 spiro atoms. The Hall–Kier alpha value is -0.610. The minimum Gasteiger partial charge on any atom is -0.340 e. The fraction of sp³-hybridized carbons (Fsp3) is 0.929. The third-order valence-electron chi connectivity index (χ3n) is 4.22. The zero-order valence-corrected chi connectivity index (χ0v) is 12.7. The summed E-state index contributed by atoms with van der Waals surface area (Å²) in [5, 5.41) is 0. The van der Waals surface area contributed by atoms with Gasteiger partial charge in [-0.2, -0.15) is 0 Å². The molecule has 1 amide bonds.